The molecule has 0 bridgehead atoms. The van der Waals surface area contributed by atoms with Gasteiger partial charge in [0.15, 0.2) is 5.96 Å². The molecule has 0 atom stereocenters. The van der Waals surface area contributed by atoms with E-state index in [1.165, 1.54) is 38.5 Å². The first-order valence-corrected chi connectivity index (χ1v) is 12.3. The maximum absolute atomic E-state index is 12.6. The minimum absolute atomic E-state index is 0. The van der Waals surface area contributed by atoms with Crippen molar-refractivity contribution >= 4 is 35.8 Å². The lowest BCUT2D eigenvalue weighted by Gasteiger charge is -2.26. The number of benzene rings is 1. The molecule has 0 unspecified atom stereocenters. The van der Waals surface area contributed by atoms with Gasteiger partial charge in [0.2, 0.25) is 0 Å². The van der Waals surface area contributed by atoms with Crippen LogP contribution in [0.4, 0.5) is 0 Å². The Bertz CT molecular complexity index is 684. The zero-order valence-electron chi connectivity index (χ0n) is 19.6. The monoisotopic (exact) mass is 556 g/mol. The van der Waals surface area contributed by atoms with Gasteiger partial charge in [-0.1, -0.05) is 31.4 Å². The Morgan fingerprint density at radius 2 is 1.72 bits per heavy atom. The average Bonchev–Trinajstić information content (AvgIpc) is 2.83. The summed E-state index contributed by atoms with van der Waals surface area (Å²) in [4.78, 5) is 19.3. The third kappa shape index (κ3) is 9.25. The number of piperidine rings is 1. The van der Waals surface area contributed by atoms with Gasteiger partial charge in [0.25, 0.3) is 5.91 Å². The Morgan fingerprint density at radius 1 is 1.03 bits per heavy atom. The summed E-state index contributed by atoms with van der Waals surface area (Å²) >= 11 is 0. The van der Waals surface area contributed by atoms with Crippen molar-refractivity contribution in [2.75, 3.05) is 32.8 Å². The Morgan fingerprint density at radius 3 is 2.41 bits per heavy atom. The highest BCUT2D eigenvalue weighted by Gasteiger charge is 2.17. The number of guanidine groups is 1. The maximum Gasteiger partial charge on any atom is 0.253 e. The predicted molar refractivity (Wildman–Crippen MR) is 142 cm³/mol. The summed E-state index contributed by atoms with van der Waals surface area (Å²) in [6.07, 6.45) is 11.4. The quantitative estimate of drug-likeness (QED) is 0.200. The second kappa shape index (κ2) is 15.5. The topological polar surface area (TPSA) is 66.0 Å². The molecule has 0 aromatic heterocycles. The molecule has 1 heterocycles. The predicted octanol–water partition coefficient (Wildman–Crippen LogP) is 4.73. The molecule has 2 N–H and O–H groups in total. The van der Waals surface area contributed by atoms with E-state index in [0.29, 0.717) is 12.6 Å². The second-order valence-electron chi connectivity index (χ2n) is 8.66. The number of hydrogen-bond donors (Lipinski definition) is 2. The lowest BCUT2D eigenvalue weighted by atomic mass is 9.98. The first kappa shape index (κ1) is 26.9. The van der Waals surface area contributed by atoms with Crippen molar-refractivity contribution in [3.8, 4) is 0 Å². The summed E-state index contributed by atoms with van der Waals surface area (Å²) in [5, 5.41) is 6.70. The highest BCUT2D eigenvalue weighted by Crippen LogP contribution is 2.20. The molecule has 0 radical (unpaired) electrons. The molecule has 180 valence electrons. The zero-order valence-corrected chi connectivity index (χ0v) is 21.9. The Labute approximate surface area is 211 Å². The lowest BCUT2D eigenvalue weighted by Crippen LogP contribution is -2.38. The SMILES string of the molecule is CCNC(=NCc1ccc(C(=O)N2CCCCC2)cc1)NCCCOC1CCCCC1.I. The highest BCUT2D eigenvalue weighted by molar-refractivity contribution is 14.0. The van der Waals surface area contributed by atoms with Crippen molar-refractivity contribution < 1.29 is 9.53 Å². The zero-order chi connectivity index (χ0) is 21.7. The fourth-order valence-corrected chi connectivity index (χ4v) is 4.31. The normalized spacial score (nSPS) is 17.5. The first-order valence-electron chi connectivity index (χ1n) is 12.3. The summed E-state index contributed by atoms with van der Waals surface area (Å²) in [7, 11) is 0. The first-order chi connectivity index (χ1) is 15.3. The van der Waals surface area contributed by atoms with E-state index in [2.05, 4.69) is 17.6 Å². The molecule has 1 saturated carbocycles. The number of likely N-dealkylation sites (tertiary alicyclic amines) is 1. The van der Waals surface area contributed by atoms with Crippen LogP contribution in [0.5, 0.6) is 0 Å². The van der Waals surface area contributed by atoms with Crippen molar-refractivity contribution in [2.45, 2.75) is 77.4 Å². The van der Waals surface area contributed by atoms with Crippen LogP contribution in [-0.4, -0.2) is 55.7 Å². The van der Waals surface area contributed by atoms with Crippen LogP contribution in [0, 0.1) is 0 Å². The largest absolute Gasteiger partial charge is 0.378 e. The molecule has 32 heavy (non-hydrogen) atoms. The average molecular weight is 557 g/mol. The summed E-state index contributed by atoms with van der Waals surface area (Å²) in [6, 6.07) is 7.90. The summed E-state index contributed by atoms with van der Waals surface area (Å²) in [5.41, 5.74) is 1.88. The number of rotatable bonds is 9. The van der Waals surface area contributed by atoms with Crippen LogP contribution >= 0.6 is 24.0 Å². The third-order valence-corrected chi connectivity index (χ3v) is 6.13. The van der Waals surface area contributed by atoms with E-state index in [4.69, 9.17) is 9.73 Å². The molecule has 1 saturated heterocycles. The molecule has 3 rings (SSSR count). The molecule has 6 nitrogen and oxygen atoms in total. The van der Waals surface area contributed by atoms with Crippen LogP contribution in [0.1, 0.15) is 80.6 Å². The number of carbonyl (C=O) groups excluding carboxylic acids is 1. The second-order valence-corrected chi connectivity index (χ2v) is 8.66. The maximum atomic E-state index is 12.6. The van der Waals surface area contributed by atoms with E-state index in [1.807, 2.05) is 29.2 Å². The van der Waals surface area contributed by atoms with Crippen LogP contribution in [0.15, 0.2) is 29.3 Å². The summed E-state index contributed by atoms with van der Waals surface area (Å²) in [6.45, 7) is 6.91. The van der Waals surface area contributed by atoms with E-state index < -0.39 is 0 Å². The fraction of sp³-hybridized carbons (Fsp3) is 0.680. The van der Waals surface area contributed by atoms with Crippen molar-refractivity contribution in [1.82, 2.24) is 15.5 Å². The molecule has 2 fully saturated rings. The van der Waals surface area contributed by atoms with Crippen LogP contribution in [-0.2, 0) is 11.3 Å². The molecular formula is C25H41IN4O2. The van der Waals surface area contributed by atoms with E-state index in [0.717, 1.165) is 69.1 Å². The van der Waals surface area contributed by atoms with Gasteiger partial charge in [-0.2, -0.15) is 0 Å². The smallest absolute Gasteiger partial charge is 0.253 e. The lowest BCUT2D eigenvalue weighted by molar-refractivity contribution is 0.0277. The minimum Gasteiger partial charge on any atom is -0.378 e. The van der Waals surface area contributed by atoms with Crippen molar-refractivity contribution in [3.05, 3.63) is 35.4 Å². The molecule has 1 aromatic carbocycles. The molecule has 2 aliphatic rings. The van der Waals surface area contributed by atoms with Gasteiger partial charge in [-0.3, -0.25) is 4.79 Å². The third-order valence-electron chi connectivity index (χ3n) is 6.13. The molecular weight excluding hydrogens is 515 g/mol. The van der Waals surface area contributed by atoms with E-state index in [-0.39, 0.29) is 29.9 Å². The highest BCUT2D eigenvalue weighted by atomic mass is 127. The number of nitrogens with zero attached hydrogens (tertiary/aromatic N) is 2. The van der Waals surface area contributed by atoms with Gasteiger partial charge in [-0.25, -0.2) is 4.99 Å². The van der Waals surface area contributed by atoms with Gasteiger partial charge in [-0.05, 0) is 63.1 Å². The summed E-state index contributed by atoms with van der Waals surface area (Å²) in [5.74, 6) is 0.980. The molecule has 1 amide bonds. The van der Waals surface area contributed by atoms with Gasteiger partial charge in [0.1, 0.15) is 0 Å². The van der Waals surface area contributed by atoms with Crippen molar-refractivity contribution in [2.24, 2.45) is 4.99 Å². The van der Waals surface area contributed by atoms with Gasteiger partial charge < -0.3 is 20.3 Å². The standard InChI is InChI=1S/C25H40N4O2.HI/c1-2-26-25(27-16-9-19-31-23-10-5-3-6-11-23)28-20-21-12-14-22(15-13-21)24(30)29-17-7-4-8-18-29;/h12-15,23H,2-11,16-20H2,1H3,(H2,26,27,28);1H. The van der Waals surface area contributed by atoms with Crippen LogP contribution < -0.4 is 10.6 Å². The van der Waals surface area contributed by atoms with Crippen molar-refractivity contribution in [1.29, 1.82) is 0 Å². The fourth-order valence-electron chi connectivity index (χ4n) is 4.31. The Kier molecular flexibility index (Phi) is 13.0. The van der Waals surface area contributed by atoms with Gasteiger partial charge >= 0.3 is 0 Å². The van der Waals surface area contributed by atoms with Gasteiger partial charge in [0, 0.05) is 38.3 Å². The number of ether oxygens (including phenoxy) is 1. The minimum atomic E-state index is 0. The molecule has 0 spiro atoms. The Balaban J connectivity index is 0.00000363. The van der Waals surface area contributed by atoms with Crippen molar-refractivity contribution in [3.63, 3.8) is 0 Å². The summed E-state index contributed by atoms with van der Waals surface area (Å²) < 4.78 is 6.00. The number of hydrogen-bond acceptors (Lipinski definition) is 3. The molecule has 1 aromatic rings. The Hall–Kier alpha value is -1.35. The number of amides is 1. The van der Waals surface area contributed by atoms with E-state index in [1.54, 1.807) is 0 Å². The molecule has 7 heteroatoms. The number of halogens is 1. The van der Waals surface area contributed by atoms with E-state index in [9.17, 15) is 4.79 Å². The van der Waals surface area contributed by atoms with Crippen LogP contribution in [0.25, 0.3) is 0 Å². The van der Waals surface area contributed by atoms with Crippen LogP contribution in [0.3, 0.4) is 0 Å². The van der Waals surface area contributed by atoms with Gasteiger partial charge in [0.05, 0.1) is 12.6 Å². The number of aliphatic imine (C=N–C) groups is 1. The number of nitrogens with one attached hydrogen (secondary N) is 2. The van der Waals surface area contributed by atoms with Gasteiger partial charge in [-0.15, -0.1) is 24.0 Å². The molecule has 1 aliphatic heterocycles. The van der Waals surface area contributed by atoms with Crippen LogP contribution in [0.2, 0.25) is 0 Å². The van der Waals surface area contributed by atoms with E-state index >= 15 is 0 Å². The molecule has 1 aliphatic carbocycles. The number of carbonyl (C=O) groups is 1.